The maximum Gasteiger partial charge on any atom is 0.213 e. The number of unbranched alkanes of at least 4 members (excludes halogenated alkanes) is 1. The van der Waals surface area contributed by atoms with Crippen molar-refractivity contribution in [1.29, 1.82) is 0 Å². The molecule has 6 heteroatoms. The molecule has 0 aliphatic carbocycles. The summed E-state index contributed by atoms with van der Waals surface area (Å²) in [5.74, 6) is 2.41. The Bertz CT molecular complexity index is 837. The second kappa shape index (κ2) is 13.3. The minimum absolute atomic E-state index is 0.577. The number of allylic oxidation sites excluding steroid dienone is 1. The first-order chi connectivity index (χ1) is 15.1. The van der Waals surface area contributed by atoms with Crippen LogP contribution in [0.4, 0.5) is 0 Å². The number of aryl methyl sites for hydroxylation is 2. The van der Waals surface area contributed by atoms with E-state index in [9.17, 15) is 0 Å². The van der Waals surface area contributed by atoms with Crippen molar-refractivity contribution in [2.75, 3.05) is 26.9 Å². The third-order valence-corrected chi connectivity index (χ3v) is 4.66. The smallest absolute Gasteiger partial charge is 0.213 e. The summed E-state index contributed by atoms with van der Waals surface area (Å²) in [5.41, 5.74) is 3.97. The predicted octanol–water partition coefficient (Wildman–Crippen LogP) is 5.65. The fourth-order valence-electron chi connectivity index (χ4n) is 3.09. The lowest BCUT2D eigenvalue weighted by Crippen LogP contribution is -2.06. The van der Waals surface area contributed by atoms with Gasteiger partial charge in [-0.3, -0.25) is 0 Å². The molecule has 0 saturated heterocycles. The fraction of sp³-hybridized carbons (Fsp3) is 0.440. The predicted molar refractivity (Wildman–Crippen MR) is 125 cm³/mol. The molecule has 0 aliphatic rings. The van der Waals surface area contributed by atoms with Crippen molar-refractivity contribution in [3.8, 4) is 17.4 Å². The Morgan fingerprint density at radius 3 is 2.32 bits per heavy atom. The molecule has 0 spiro atoms. The topological polar surface area (TPSA) is 62.2 Å². The summed E-state index contributed by atoms with van der Waals surface area (Å²) in [6.45, 7) is 9.92. The average Bonchev–Trinajstić information content (AvgIpc) is 2.76. The van der Waals surface area contributed by atoms with E-state index in [1.165, 1.54) is 0 Å². The van der Waals surface area contributed by atoms with E-state index >= 15 is 0 Å². The Kier molecular flexibility index (Phi) is 10.4. The van der Waals surface area contributed by atoms with E-state index in [-0.39, 0.29) is 0 Å². The molecule has 0 atom stereocenters. The Balaban J connectivity index is 1.73. The molecule has 2 rings (SSSR count). The summed E-state index contributed by atoms with van der Waals surface area (Å²) >= 11 is 0. The van der Waals surface area contributed by atoms with Crippen molar-refractivity contribution in [2.24, 2.45) is 5.16 Å². The van der Waals surface area contributed by atoms with Crippen molar-refractivity contribution in [3.05, 3.63) is 59.3 Å². The van der Waals surface area contributed by atoms with Crippen LogP contribution in [0.25, 0.3) is 0 Å². The van der Waals surface area contributed by atoms with Crippen molar-refractivity contribution in [1.82, 2.24) is 4.98 Å². The van der Waals surface area contributed by atoms with Crippen LogP contribution in [0.3, 0.4) is 0 Å². The van der Waals surface area contributed by atoms with Gasteiger partial charge < -0.3 is 19.0 Å². The first kappa shape index (κ1) is 24.3. The van der Waals surface area contributed by atoms with Crippen LogP contribution in [0, 0.1) is 13.8 Å². The lowest BCUT2D eigenvalue weighted by atomic mass is 10.1. The molecule has 1 aromatic carbocycles. The summed E-state index contributed by atoms with van der Waals surface area (Å²) in [6.07, 6.45) is 8.29. The van der Waals surface area contributed by atoms with Gasteiger partial charge in [0.05, 0.1) is 18.9 Å². The molecule has 0 aliphatic heterocycles. The van der Waals surface area contributed by atoms with Gasteiger partial charge in [0.1, 0.15) is 25.2 Å². The number of hydrogen-bond acceptors (Lipinski definition) is 6. The molecule has 1 aromatic heterocycles. The molecule has 0 bridgehead atoms. The molecular formula is C25H34N2O4. The average molecular weight is 427 g/mol. The molecule has 0 unspecified atom stereocenters. The molecule has 2 aromatic rings. The Hall–Kier alpha value is -3.02. The number of benzene rings is 1. The van der Waals surface area contributed by atoms with E-state index in [4.69, 9.17) is 19.0 Å². The largest absolute Gasteiger partial charge is 0.493 e. The first-order valence-corrected chi connectivity index (χ1v) is 10.8. The lowest BCUT2D eigenvalue weighted by molar-refractivity contribution is 0.213. The van der Waals surface area contributed by atoms with Gasteiger partial charge in [-0.05, 0) is 69.4 Å². The second-order valence-electron chi connectivity index (χ2n) is 7.13. The zero-order valence-corrected chi connectivity index (χ0v) is 19.3. The van der Waals surface area contributed by atoms with Gasteiger partial charge >= 0.3 is 0 Å². The zero-order valence-electron chi connectivity index (χ0n) is 19.3. The third-order valence-electron chi connectivity index (χ3n) is 4.66. The highest BCUT2D eigenvalue weighted by molar-refractivity contribution is 5.99. The van der Waals surface area contributed by atoms with Crippen LogP contribution in [0.2, 0.25) is 0 Å². The number of oxime groups is 1. The van der Waals surface area contributed by atoms with Crippen LogP contribution in [-0.4, -0.2) is 37.6 Å². The summed E-state index contributed by atoms with van der Waals surface area (Å²) in [7, 11) is 1.54. The van der Waals surface area contributed by atoms with Gasteiger partial charge in [0.15, 0.2) is 0 Å². The number of rotatable bonds is 13. The van der Waals surface area contributed by atoms with Gasteiger partial charge in [0.25, 0.3) is 0 Å². The van der Waals surface area contributed by atoms with Crippen LogP contribution in [-0.2, 0) is 4.84 Å². The number of nitrogens with zero attached hydrogens (tertiary/aromatic N) is 2. The molecule has 0 amide bonds. The van der Waals surface area contributed by atoms with Gasteiger partial charge in [0, 0.05) is 17.8 Å². The highest BCUT2D eigenvalue weighted by Gasteiger charge is 2.08. The summed E-state index contributed by atoms with van der Waals surface area (Å²) in [4.78, 5) is 9.21. The number of hydrogen-bond donors (Lipinski definition) is 0. The van der Waals surface area contributed by atoms with Gasteiger partial charge in [0.2, 0.25) is 5.88 Å². The minimum atomic E-state index is 0.577. The standard InChI is InChI=1S/C25H34N2O4/c1-6-8-13-29-22-16-19(3)25(20(4)17-22)31-15-10-9-14-30-24-12-11-21(18-26-24)23(7-2)27-28-5/h6,8,11-12,16-18H,7,9-10,13-15H2,1-5H3/b8-6+,27-23+. The van der Waals surface area contributed by atoms with E-state index < -0.39 is 0 Å². The van der Waals surface area contributed by atoms with Crippen LogP contribution in [0.1, 0.15) is 49.8 Å². The summed E-state index contributed by atoms with van der Waals surface area (Å²) < 4.78 is 17.5. The maximum absolute atomic E-state index is 6.01. The third kappa shape index (κ3) is 7.96. The highest BCUT2D eigenvalue weighted by atomic mass is 16.6. The Labute approximate surface area is 185 Å². The molecule has 6 nitrogen and oxygen atoms in total. The number of ether oxygens (including phenoxy) is 3. The SMILES string of the molecule is C/C=C/COc1cc(C)c(OCCCCOc2ccc(/C(CC)=N/OC)cn2)c(C)c1. The fourth-order valence-corrected chi connectivity index (χ4v) is 3.09. The maximum atomic E-state index is 6.01. The molecule has 0 radical (unpaired) electrons. The number of pyridine rings is 1. The minimum Gasteiger partial charge on any atom is -0.493 e. The molecule has 0 fully saturated rings. The molecule has 31 heavy (non-hydrogen) atoms. The van der Waals surface area contributed by atoms with Gasteiger partial charge in [-0.2, -0.15) is 0 Å². The molecule has 168 valence electrons. The van der Waals surface area contributed by atoms with E-state index in [2.05, 4.69) is 10.1 Å². The molecular weight excluding hydrogens is 392 g/mol. The van der Waals surface area contributed by atoms with Crippen molar-refractivity contribution in [2.45, 2.75) is 47.0 Å². The van der Waals surface area contributed by atoms with Crippen LogP contribution >= 0.6 is 0 Å². The Morgan fingerprint density at radius 2 is 1.74 bits per heavy atom. The van der Waals surface area contributed by atoms with Gasteiger partial charge in [-0.1, -0.05) is 24.2 Å². The van der Waals surface area contributed by atoms with Crippen LogP contribution in [0.5, 0.6) is 17.4 Å². The lowest BCUT2D eigenvalue weighted by Gasteiger charge is -2.14. The quantitative estimate of drug-likeness (QED) is 0.179. The van der Waals surface area contributed by atoms with E-state index in [1.54, 1.807) is 13.3 Å². The van der Waals surface area contributed by atoms with Crippen molar-refractivity contribution in [3.63, 3.8) is 0 Å². The van der Waals surface area contributed by atoms with E-state index in [1.807, 2.05) is 64.1 Å². The molecule has 0 saturated carbocycles. The van der Waals surface area contributed by atoms with Gasteiger partial charge in [-0.25, -0.2) is 4.98 Å². The summed E-state index contributed by atoms with van der Waals surface area (Å²) in [6, 6.07) is 7.85. The monoisotopic (exact) mass is 426 g/mol. The number of aromatic nitrogens is 1. The van der Waals surface area contributed by atoms with E-state index in [0.717, 1.165) is 53.2 Å². The normalized spacial score (nSPS) is 11.6. The second-order valence-corrected chi connectivity index (χ2v) is 7.13. The molecule has 0 N–H and O–H groups in total. The van der Waals surface area contributed by atoms with Crippen LogP contribution < -0.4 is 14.2 Å². The zero-order chi connectivity index (χ0) is 22.5. The van der Waals surface area contributed by atoms with Crippen LogP contribution in [0.15, 0.2) is 47.8 Å². The van der Waals surface area contributed by atoms with Gasteiger partial charge in [-0.15, -0.1) is 0 Å². The highest BCUT2D eigenvalue weighted by Crippen LogP contribution is 2.28. The van der Waals surface area contributed by atoms with Crippen molar-refractivity contribution >= 4 is 5.71 Å². The van der Waals surface area contributed by atoms with E-state index in [0.29, 0.717) is 25.7 Å². The Morgan fingerprint density at radius 1 is 1.03 bits per heavy atom. The first-order valence-electron chi connectivity index (χ1n) is 10.8. The molecule has 1 heterocycles. The van der Waals surface area contributed by atoms with Crippen molar-refractivity contribution < 1.29 is 19.0 Å². The summed E-state index contributed by atoms with van der Waals surface area (Å²) in [5, 5.41) is 4.01.